The van der Waals surface area contributed by atoms with Crippen LogP contribution in [0.15, 0.2) is 79.4 Å². The maximum absolute atomic E-state index is 13.5. The Morgan fingerprint density at radius 1 is 1.22 bits per heavy atom. The minimum Gasteiger partial charge on any atom is -0.463 e. The number of nitrogens with zero attached hydrogens (tertiary/aromatic N) is 2. The summed E-state index contributed by atoms with van der Waals surface area (Å²) in [5.74, 6) is 0.00176. The molecule has 0 amide bonds. The number of ether oxygens (including phenoxy) is 1. The summed E-state index contributed by atoms with van der Waals surface area (Å²) in [5.41, 5.74) is -0.114. The summed E-state index contributed by atoms with van der Waals surface area (Å²) in [6.45, 7) is 3.60. The normalized spacial score (nSPS) is 16.0. The fraction of sp³-hybridized carbons (Fsp3) is 0.192. The fourth-order valence-electron chi connectivity index (χ4n) is 4.07. The molecule has 1 aliphatic heterocycles. The van der Waals surface area contributed by atoms with E-state index < -0.39 is 23.8 Å². The number of rotatable bonds is 5. The molecule has 0 saturated heterocycles. The molecule has 5 rings (SSSR count). The third-order valence-electron chi connectivity index (χ3n) is 5.70. The number of benzene rings is 1. The molecular formula is C26H19F3N2O4S2. The Balaban J connectivity index is 1.58. The molecule has 0 radical (unpaired) electrons. The monoisotopic (exact) mass is 544 g/mol. The number of halogens is 3. The van der Waals surface area contributed by atoms with Gasteiger partial charge in [0.15, 0.2) is 4.80 Å². The van der Waals surface area contributed by atoms with Crippen LogP contribution in [0.5, 0.6) is 0 Å². The molecule has 4 aromatic rings. The number of aromatic nitrogens is 1. The molecule has 37 heavy (non-hydrogen) atoms. The van der Waals surface area contributed by atoms with Crippen LogP contribution in [0.2, 0.25) is 0 Å². The first-order valence-corrected chi connectivity index (χ1v) is 12.9. The molecule has 0 spiro atoms. The lowest BCUT2D eigenvalue weighted by Gasteiger charge is -2.23. The Kier molecular flexibility index (Phi) is 6.50. The van der Waals surface area contributed by atoms with Crippen molar-refractivity contribution in [3.63, 3.8) is 0 Å². The van der Waals surface area contributed by atoms with Crippen molar-refractivity contribution in [2.24, 2.45) is 4.99 Å². The standard InChI is InChI=1S/C26H19F3N2O4S2/c1-3-34-24(33)21-14(2)30-25-31(22(21)19-8-5-11-36-19)23(32)20(37-25)13-17-9-10-18(35-17)15-6-4-7-16(12-15)26(27,28)29/h4-13,22H,3H2,1-2H3/t22-/m1/s1. The third kappa shape index (κ3) is 4.72. The Morgan fingerprint density at radius 2 is 2.03 bits per heavy atom. The first-order valence-electron chi connectivity index (χ1n) is 11.2. The molecule has 190 valence electrons. The number of hydrogen-bond acceptors (Lipinski definition) is 7. The van der Waals surface area contributed by atoms with Crippen LogP contribution in [-0.2, 0) is 15.7 Å². The van der Waals surface area contributed by atoms with Crippen molar-refractivity contribution in [1.82, 2.24) is 4.57 Å². The van der Waals surface area contributed by atoms with Crippen molar-refractivity contribution >= 4 is 34.7 Å². The van der Waals surface area contributed by atoms with Crippen LogP contribution in [0.25, 0.3) is 17.4 Å². The molecule has 3 aromatic heterocycles. The number of allylic oxidation sites excluding steroid dienone is 1. The first-order chi connectivity index (χ1) is 17.7. The highest BCUT2D eigenvalue weighted by Gasteiger charge is 2.34. The first kappa shape index (κ1) is 25.0. The number of hydrogen-bond donors (Lipinski definition) is 0. The van der Waals surface area contributed by atoms with Crippen molar-refractivity contribution < 1.29 is 27.1 Å². The maximum atomic E-state index is 13.5. The van der Waals surface area contributed by atoms with Crippen LogP contribution in [0, 0.1) is 0 Å². The van der Waals surface area contributed by atoms with Gasteiger partial charge in [-0.1, -0.05) is 29.5 Å². The van der Waals surface area contributed by atoms with Gasteiger partial charge in [0.05, 0.1) is 28.0 Å². The number of esters is 1. The average Bonchev–Trinajstić information content (AvgIpc) is 3.60. The summed E-state index contributed by atoms with van der Waals surface area (Å²) in [4.78, 5) is 32.1. The van der Waals surface area contributed by atoms with Gasteiger partial charge in [0, 0.05) is 16.5 Å². The van der Waals surface area contributed by atoms with Crippen LogP contribution in [0.1, 0.15) is 36.1 Å². The largest absolute Gasteiger partial charge is 0.463 e. The number of alkyl halides is 3. The number of carbonyl (C=O) groups is 1. The zero-order valence-electron chi connectivity index (χ0n) is 19.5. The van der Waals surface area contributed by atoms with Gasteiger partial charge < -0.3 is 9.15 Å². The van der Waals surface area contributed by atoms with E-state index in [2.05, 4.69) is 4.99 Å². The van der Waals surface area contributed by atoms with Gasteiger partial charge in [-0.05, 0) is 49.6 Å². The van der Waals surface area contributed by atoms with E-state index in [1.165, 1.54) is 34.1 Å². The van der Waals surface area contributed by atoms with E-state index in [4.69, 9.17) is 9.15 Å². The summed E-state index contributed by atoms with van der Waals surface area (Å²) >= 11 is 2.55. The lowest BCUT2D eigenvalue weighted by Crippen LogP contribution is -2.39. The second-order valence-electron chi connectivity index (χ2n) is 8.10. The molecule has 4 heterocycles. The lowest BCUT2D eigenvalue weighted by atomic mass is 10.0. The summed E-state index contributed by atoms with van der Waals surface area (Å²) in [6.07, 6.45) is -2.95. The smallest absolute Gasteiger partial charge is 0.416 e. The average molecular weight is 545 g/mol. The molecule has 1 aromatic carbocycles. The predicted octanol–water partition coefficient (Wildman–Crippen LogP) is 5.14. The van der Waals surface area contributed by atoms with E-state index in [1.54, 1.807) is 26.0 Å². The van der Waals surface area contributed by atoms with E-state index in [-0.39, 0.29) is 23.5 Å². The zero-order valence-corrected chi connectivity index (χ0v) is 21.2. The minimum atomic E-state index is -4.47. The van der Waals surface area contributed by atoms with E-state index in [1.807, 2.05) is 17.5 Å². The number of thiophene rings is 1. The molecule has 1 atom stereocenters. The van der Waals surface area contributed by atoms with Crippen molar-refractivity contribution in [3.8, 4) is 11.3 Å². The molecule has 1 aliphatic rings. The van der Waals surface area contributed by atoms with E-state index in [0.717, 1.165) is 28.3 Å². The predicted molar refractivity (Wildman–Crippen MR) is 134 cm³/mol. The molecular weight excluding hydrogens is 525 g/mol. The molecule has 0 unspecified atom stereocenters. The van der Waals surface area contributed by atoms with Gasteiger partial charge in [0.2, 0.25) is 0 Å². The number of fused-ring (bicyclic) bond motifs is 1. The number of furan rings is 1. The zero-order chi connectivity index (χ0) is 26.3. The van der Waals surface area contributed by atoms with Crippen molar-refractivity contribution in [3.05, 3.63) is 101 Å². The van der Waals surface area contributed by atoms with Gasteiger partial charge in [0.25, 0.3) is 5.56 Å². The molecule has 0 N–H and O–H groups in total. The van der Waals surface area contributed by atoms with Gasteiger partial charge in [-0.15, -0.1) is 11.3 Å². The molecule has 0 aliphatic carbocycles. The van der Waals surface area contributed by atoms with E-state index in [0.29, 0.717) is 26.4 Å². The second kappa shape index (κ2) is 9.64. The van der Waals surface area contributed by atoms with Crippen LogP contribution < -0.4 is 14.9 Å². The summed E-state index contributed by atoms with van der Waals surface area (Å²) in [7, 11) is 0. The minimum absolute atomic E-state index is 0.184. The Morgan fingerprint density at radius 3 is 2.73 bits per heavy atom. The molecule has 0 saturated carbocycles. The number of thiazole rings is 1. The van der Waals surface area contributed by atoms with Gasteiger partial charge in [0.1, 0.15) is 17.6 Å². The summed E-state index contributed by atoms with van der Waals surface area (Å²) in [5, 5.41) is 1.86. The Hall–Kier alpha value is -3.70. The Labute approximate surface area is 216 Å². The van der Waals surface area contributed by atoms with Gasteiger partial charge in [-0.25, -0.2) is 9.79 Å². The quantitative estimate of drug-likeness (QED) is 0.326. The Bertz CT molecular complexity index is 1690. The molecule has 0 bridgehead atoms. The molecule has 0 fully saturated rings. The molecule has 11 heteroatoms. The van der Waals surface area contributed by atoms with Crippen molar-refractivity contribution in [2.45, 2.75) is 26.1 Å². The summed E-state index contributed by atoms with van der Waals surface area (Å²) < 4.78 is 52.1. The van der Waals surface area contributed by atoms with E-state index >= 15 is 0 Å². The molecule has 6 nitrogen and oxygen atoms in total. The maximum Gasteiger partial charge on any atom is 0.416 e. The van der Waals surface area contributed by atoms with Crippen LogP contribution >= 0.6 is 22.7 Å². The van der Waals surface area contributed by atoms with Crippen molar-refractivity contribution in [2.75, 3.05) is 6.61 Å². The topological polar surface area (TPSA) is 73.8 Å². The highest BCUT2D eigenvalue weighted by Crippen LogP contribution is 2.34. The van der Waals surface area contributed by atoms with E-state index in [9.17, 15) is 22.8 Å². The van der Waals surface area contributed by atoms with Gasteiger partial charge in [-0.3, -0.25) is 9.36 Å². The van der Waals surface area contributed by atoms with Gasteiger partial charge >= 0.3 is 12.1 Å². The van der Waals surface area contributed by atoms with Crippen LogP contribution in [0.4, 0.5) is 13.2 Å². The highest BCUT2D eigenvalue weighted by atomic mass is 32.1. The van der Waals surface area contributed by atoms with Crippen LogP contribution in [0.3, 0.4) is 0 Å². The van der Waals surface area contributed by atoms with Crippen molar-refractivity contribution in [1.29, 1.82) is 0 Å². The number of carbonyl (C=O) groups excluding carboxylic acids is 1. The highest BCUT2D eigenvalue weighted by molar-refractivity contribution is 7.10. The summed E-state index contributed by atoms with van der Waals surface area (Å²) in [6, 6.07) is 11.0. The second-order valence-corrected chi connectivity index (χ2v) is 10.1. The lowest BCUT2D eigenvalue weighted by molar-refractivity contribution is -0.139. The third-order valence-corrected chi connectivity index (χ3v) is 7.61. The SMILES string of the molecule is CCOC(=O)C1=C(C)N=c2sc(=Cc3ccc(-c4cccc(C(F)(F)F)c4)o3)c(=O)n2[C@@H]1c1cccs1. The van der Waals surface area contributed by atoms with Gasteiger partial charge in [-0.2, -0.15) is 13.2 Å². The van der Waals surface area contributed by atoms with Crippen LogP contribution in [-0.4, -0.2) is 17.1 Å². The fourth-order valence-corrected chi connectivity index (χ4v) is 5.92.